The minimum Gasteiger partial charge on any atom is -0.326 e. The van der Waals surface area contributed by atoms with Gasteiger partial charge in [-0.15, -0.1) is 0 Å². The van der Waals surface area contributed by atoms with Crippen molar-refractivity contribution in [3.8, 4) is 0 Å². The Morgan fingerprint density at radius 2 is 1.94 bits per heavy atom. The van der Waals surface area contributed by atoms with Crippen LogP contribution in [0.2, 0.25) is 0 Å². The molecule has 0 unspecified atom stereocenters. The Labute approximate surface area is 111 Å². The summed E-state index contributed by atoms with van der Waals surface area (Å²) in [7, 11) is 0. The summed E-state index contributed by atoms with van der Waals surface area (Å²) < 4.78 is 1.01. The van der Waals surface area contributed by atoms with Crippen LogP contribution in [0.3, 0.4) is 0 Å². The molecule has 0 aliphatic heterocycles. The number of halogens is 1. The van der Waals surface area contributed by atoms with E-state index in [-0.39, 0.29) is 5.91 Å². The van der Waals surface area contributed by atoms with E-state index in [0.29, 0.717) is 12.3 Å². The number of hydrogen-bond acceptors (Lipinski definition) is 2. The predicted octanol–water partition coefficient (Wildman–Crippen LogP) is 3.02. The second kappa shape index (κ2) is 7.45. The number of benzene rings is 1. The van der Waals surface area contributed by atoms with Crippen molar-refractivity contribution in [2.45, 2.75) is 20.3 Å². The Bertz CT molecular complexity index is 349. The summed E-state index contributed by atoms with van der Waals surface area (Å²) in [5.41, 5.74) is 0.835. The number of hydrogen-bond donors (Lipinski definition) is 2. The summed E-state index contributed by atoms with van der Waals surface area (Å²) in [4.78, 5) is 11.6. The summed E-state index contributed by atoms with van der Waals surface area (Å²) in [6, 6.07) is 7.58. The first kappa shape index (κ1) is 14.2. The summed E-state index contributed by atoms with van der Waals surface area (Å²) in [5, 5.41) is 6.10. The average Bonchev–Trinajstić information content (AvgIpc) is 2.27. The highest BCUT2D eigenvalue weighted by Gasteiger charge is 2.02. The van der Waals surface area contributed by atoms with E-state index in [4.69, 9.17) is 0 Å². The molecule has 0 saturated carbocycles. The lowest BCUT2D eigenvalue weighted by atomic mass is 10.2. The molecule has 94 valence electrons. The third kappa shape index (κ3) is 6.44. The highest BCUT2D eigenvalue weighted by molar-refractivity contribution is 9.10. The van der Waals surface area contributed by atoms with Crippen molar-refractivity contribution < 1.29 is 4.79 Å². The lowest BCUT2D eigenvalue weighted by Gasteiger charge is -2.08. The Balaban J connectivity index is 2.23. The zero-order chi connectivity index (χ0) is 12.7. The van der Waals surface area contributed by atoms with Gasteiger partial charge in [-0.3, -0.25) is 4.79 Å². The van der Waals surface area contributed by atoms with Crippen LogP contribution in [0.25, 0.3) is 0 Å². The second-order valence-electron chi connectivity index (χ2n) is 4.40. The van der Waals surface area contributed by atoms with E-state index >= 15 is 0 Å². The van der Waals surface area contributed by atoms with E-state index in [1.165, 1.54) is 0 Å². The van der Waals surface area contributed by atoms with Gasteiger partial charge in [0.15, 0.2) is 0 Å². The lowest BCUT2D eigenvalue weighted by molar-refractivity contribution is -0.116. The van der Waals surface area contributed by atoms with Crippen molar-refractivity contribution in [3.05, 3.63) is 28.7 Å². The number of nitrogens with one attached hydrogen (secondary N) is 2. The van der Waals surface area contributed by atoms with E-state index in [2.05, 4.69) is 40.4 Å². The molecule has 0 aliphatic carbocycles. The average molecular weight is 299 g/mol. The van der Waals surface area contributed by atoms with Gasteiger partial charge in [-0.2, -0.15) is 0 Å². The van der Waals surface area contributed by atoms with Gasteiger partial charge in [0.05, 0.1) is 0 Å². The smallest absolute Gasteiger partial charge is 0.225 e. The molecule has 1 aromatic rings. The minimum atomic E-state index is 0.0450. The van der Waals surface area contributed by atoms with Crippen molar-refractivity contribution in [2.75, 3.05) is 18.4 Å². The van der Waals surface area contributed by atoms with Crippen molar-refractivity contribution >= 4 is 27.5 Å². The van der Waals surface area contributed by atoms with E-state index in [9.17, 15) is 4.79 Å². The van der Waals surface area contributed by atoms with Crippen molar-refractivity contribution in [1.82, 2.24) is 5.32 Å². The van der Waals surface area contributed by atoms with E-state index in [0.717, 1.165) is 23.2 Å². The van der Waals surface area contributed by atoms with Gasteiger partial charge < -0.3 is 10.6 Å². The molecule has 0 saturated heterocycles. The molecular weight excluding hydrogens is 280 g/mol. The zero-order valence-electron chi connectivity index (χ0n) is 10.3. The molecule has 1 aromatic carbocycles. The van der Waals surface area contributed by atoms with Gasteiger partial charge in [0.1, 0.15) is 0 Å². The molecule has 3 nitrogen and oxygen atoms in total. The Kier molecular flexibility index (Phi) is 6.22. The summed E-state index contributed by atoms with van der Waals surface area (Å²) in [6.45, 7) is 5.97. The molecule has 0 spiro atoms. The monoisotopic (exact) mass is 298 g/mol. The molecule has 17 heavy (non-hydrogen) atoms. The third-order valence-corrected chi connectivity index (χ3v) is 2.74. The predicted molar refractivity (Wildman–Crippen MR) is 75.1 cm³/mol. The maximum absolute atomic E-state index is 11.6. The van der Waals surface area contributed by atoms with Crippen LogP contribution in [0, 0.1) is 5.92 Å². The number of amides is 1. The number of rotatable bonds is 6. The number of anilines is 1. The summed E-state index contributed by atoms with van der Waals surface area (Å²) in [5.74, 6) is 0.660. The van der Waals surface area contributed by atoms with Crippen LogP contribution in [0.15, 0.2) is 28.7 Å². The molecule has 1 rings (SSSR count). The number of carbonyl (C=O) groups excluding carboxylic acids is 1. The highest BCUT2D eigenvalue weighted by Crippen LogP contribution is 2.14. The van der Waals surface area contributed by atoms with Crippen LogP contribution in [-0.2, 0) is 4.79 Å². The molecule has 4 heteroatoms. The van der Waals surface area contributed by atoms with Gasteiger partial charge in [-0.05, 0) is 36.7 Å². The zero-order valence-corrected chi connectivity index (χ0v) is 11.9. The number of carbonyl (C=O) groups is 1. The fourth-order valence-electron chi connectivity index (χ4n) is 1.35. The Morgan fingerprint density at radius 1 is 1.29 bits per heavy atom. The van der Waals surface area contributed by atoms with Gasteiger partial charge in [0, 0.05) is 23.1 Å². The van der Waals surface area contributed by atoms with Gasteiger partial charge >= 0.3 is 0 Å². The molecule has 0 heterocycles. The first-order valence-corrected chi connectivity index (χ1v) is 6.63. The molecule has 1 amide bonds. The van der Waals surface area contributed by atoms with Crippen LogP contribution in [-0.4, -0.2) is 19.0 Å². The minimum absolute atomic E-state index is 0.0450. The van der Waals surface area contributed by atoms with E-state index in [1.807, 2.05) is 24.3 Å². The van der Waals surface area contributed by atoms with Gasteiger partial charge in [0.25, 0.3) is 0 Å². The van der Waals surface area contributed by atoms with Crippen molar-refractivity contribution in [2.24, 2.45) is 5.92 Å². The van der Waals surface area contributed by atoms with E-state index in [1.54, 1.807) is 0 Å². The molecule has 2 N–H and O–H groups in total. The molecule has 0 aliphatic rings. The Hall–Kier alpha value is -0.870. The third-order valence-electron chi connectivity index (χ3n) is 2.21. The fraction of sp³-hybridized carbons (Fsp3) is 0.462. The summed E-state index contributed by atoms with van der Waals surface area (Å²) >= 11 is 3.35. The summed E-state index contributed by atoms with van der Waals surface area (Å²) in [6.07, 6.45) is 0.503. The Morgan fingerprint density at radius 3 is 2.53 bits per heavy atom. The van der Waals surface area contributed by atoms with Gasteiger partial charge in [-0.1, -0.05) is 29.8 Å². The fourth-order valence-corrected chi connectivity index (χ4v) is 1.61. The van der Waals surface area contributed by atoms with Crippen LogP contribution in [0.4, 0.5) is 5.69 Å². The molecule has 0 fully saturated rings. The molecule has 0 radical (unpaired) electrons. The van der Waals surface area contributed by atoms with Crippen molar-refractivity contribution in [1.29, 1.82) is 0 Å². The molecule has 0 aromatic heterocycles. The first-order valence-electron chi connectivity index (χ1n) is 5.84. The maximum Gasteiger partial charge on any atom is 0.225 e. The first-order chi connectivity index (χ1) is 8.08. The highest BCUT2D eigenvalue weighted by atomic mass is 79.9. The molecular formula is C13H19BrN2O. The van der Waals surface area contributed by atoms with Crippen LogP contribution < -0.4 is 10.6 Å². The topological polar surface area (TPSA) is 41.1 Å². The van der Waals surface area contributed by atoms with Gasteiger partial charge in [0.2, 0.25) is 5.91 Å². The normalized spacial score (nSPS) is 10.6. The van der Waals surface area contributed by atoms with Crippen molar-refractivity contribution in [3.63, 3.8) is 0 Å². The second-order valence-corrected chi connectivity index (χ2v) is 5.32. The largest absolute Gasteiger partial charge is 0.326 e. The maximum atomic E-state index is 11.6. The SMILES string of the molecule is CC(C)CNCCC(=O)Nc1ccc(Br)cc1. The van der Waals surface area contributed by atoms with E-state index < -0.39 is 0 Å². The lowest BCUT2D eigenvalue weighted by Crippen LogP contribution is -2.24. The quantitative estimate of drug-likeness (QED) is 0.793. The molecule has 0 bridgehead atoms. The standard InChI is InChI=1S/C13H19BrN2O/c1-10(2)9-15-8-7-13(17)16-12-5-3-11(14)4-6-12/h3-6,10,15H,7-9H2,1-2H3,(H,16,17). The molecule has 0 atom stereocenters. The van der Waals surface area contributed by atoms with Crippen LogP contribution in [0.5, 0.6) is 0 Å². The van der Waals surface area contributed by atoms with Crippen LogP contribution in [0.1, 0.15) is 20.3 Å². The van der Waals surface area contributed by atoms with Crippen LogP contribution >= 0.6 is 15.9 Å². The van der Waals surface area contributed by atoms with Gasteiger partial charge in [-0.25, -0.2) is 0 Å².